The van der Waals surface area contributed by atoms with E-state index in [4.69, 9.17) is 5.26 Å². The zero-order valence-electron chi connectivity index (χ0n) is 6.73. The van der Waals surface area contributed by atoms with Crippen molar-refractivity contribution in [3.05, 3.63) is 11.1 Å². The normalized spacial score (nSPS) is 12.1. The van der Waals surface area contributed by atoms with Gasteiger partial charge in [0.1, 0.15) is 0 Å². The smallest absolute Gasteiger partial charge is 0.0638 e. The first-order valence-electron chi connectivity index (χ1n) is 3.64. The van der Waals surface area contributed by atoms with Crippen LogP contribution < -0.4 is 5.32 Å². The maximum Gasteiger partial charge on any atom is 0.0638 e. The van der Waals surface area contributed by atoms with Gasteiger partial charge < -0.3 is 5.32 Å². The van der Waals surface area contributed by atoms with Crippen LogP contribution in [0.1, 0.15) is 19.8 Å². The molecule has 0 aliphatic heterocycles. The number of hydrogen-bond acceptors (Lipinski definition) is 2. The molecule has 0 saturated carbocycles. The second-order valence-electron chi connectivity index (χ2n) is 2.37. The van der Waals surface area contributed by atoms with Gasteiger partial charge >= 0.3 is 0 Å². The van der Waals surface area contributed by atoms with Gasteiger partial charge in [0.05, 0.1) is 12.5 Å². The van der Waals surface area contributed by atoms with Crippen LogP contribution in [0.25, 0.3) is 0 Å². The summed E-state index contributed by atoms with van der Waals surface area (Å²) in [5, 5.41) is 11.6. The minimum absolute atomic E-state index is 0.300. The van der Waals surface area contributed by atoms with Gasteiger partial charge in [0.15, 0.2) is 0 Å². The Hall–Kier alpha value is -0.330. The van der Waals surface area contributed by atoms with Crippen LogP contribution in [0.4, 0.5) is 0 Å². The highest BCUT2D eigenvalue weighted by Crippen LogP contribution is 2.01. The van der Waals surface area contributed by atoms with Crippen LogP contribution in [-0.2, 0) is 0 Å². The highest BCUT2D eigenvalue weighted by Gasteiger charge is 2.03. The van der Waals surface area contributed by atoms with E-state index in [1.807, 2.05) is 0 Å². The highest BCUT2D eigenvalue weighted by atomic mass is 79.9. The Morgan fingerprint density at radius 3 is 2.82 bits per heavy atom. The zero-order chi connectivity index (χ0) is 8.69. The fourth-order valence-electron chi connectivity index (χ4n) is 0.726. The second-order valence-corrected chi connectivity index (χ2v) is 3.49. The van der Waals surface area contributed by atoms with E-state index in [-0.39, 0.29) is 0 Å². The molecular weight excluding hydrogens is 204 g/mol. The molecule has 1 unspecified atom stereocenters. The Bertz CT molecular complexity index is 160. The van der Waals surface area contributed by atoms with Gasteiger partial charge in [0.2, 0.25) is 0 Å². The minimum Gasteiger partial charge on any atom is -0.308 e. The largest absolute Gasteiger partial charge is 0.308 e. The summed E-state index contributed by atoms with van der Waals surface area (Å²) in [4.78, 5) is 0. The minimum atomic E-state index is 0.300. The second kappa shape index (κ2) is 6.38. The van der Waals surface area contributed by atoms with Crippen LogP contribution in [0.3, 0.4) is 0 Å². The SMILES string of the molecule is C=C(Br)CNC(CC)CC#N. The van der Waals surface area contributed by atoms with Gasteiger partial charge in [-0.05, 0) is 6.42 Å². The molecule has 0 saturated heterocycles. The summed E-state index contributed by atoms with van der Waals surface area (Å²) in [6.07, 6.45) is 1.55. The molecule has 0 aliphatic rings. The number of nitrogens with one attached hydrogen (secondary N) is 1. The maximum atomic E-state index is 8.41. The molecule has 0 bridgehead atoms. The number of nitrogens with zero attached hydrogens (tertiary/aromatic N) is 1. The van der Waals surface area contributed by atoms with Crippen LogP contribution in [0.2, 0.25) is 0 Å². The quantitative estimate of drug-likeness (QED) is 0.766. The van der Waals surface area contributed by atoms with Gasteiger partial charge in [-0.2, -0.15) is 5.26 Å². The van der Waals surface area contributed by atoms with Crippen molar-refractivity contribution in [3.8, 4) is 6.07 Å². The Morgan fingerprint density at radius 2 is 2.45 bits per heavy atom. The Morgan fingerprint density at radius 1 is 1.82 bits per heavy atom. The van der Waals surface area contributed by atoms with E-state index < -0.39 is 0 Å². The molecule has 2 nitrogen and oxygen atoms in total. The first kappa shape index (κ1) is 10.7. The highest BCUT2D eigenvalue weighted by molar-refractivity contribution is 9.11. The predicted octanol–water partition coefficient (Wildman–Crippen LogP) is 2.18. The average Bonchev–Trinajstić information content (AvgIpc) is 1.97. The van der Waals surface area contributed by atoms with Gasteiger partial charge in [0, 0.05) is 17.1 Å². The molecule has 0 spiro atoms. The van der Waals surface area contributed by atoms with Crippen molar-refractivity contribution in [2.75, 3.05) is 6.54 Å². The number of hydrogen-bond donors (Lipinski definition) is 1. The maximum absolute atomic E-state index is 8.41. The van der Waals surface area contributed by atoms with Gasteiger partial charge in [-0.1, -0.05) is 29.4 Å². The number of halogens is 1. The summed E-state index contributed by atoms with van der Waals surface area (Å²) in [6.45, 7) is 6.49. The predicted molar refractivity (Wildman–Crippen MR) is 50.4 cm³/mol. The number of rotatable bonds is 5. The van der Waals surface area contributed by atoms with Crippen molar-refractivity contribution in [3.63, 3.8) is 0 Å². The third-order valence-corrected chi connectivity index (χ3v) is 1.69. The van der Waals surface area contributed by atoms with E-state index in [0.717, 1.165) is 17.4 Å². The van der Waals surface area contributed by atoms with E-state index in [9.17, 15) is 0 Å². The van der Waals surface area contributed by atoms with Gasteiger partial charge in [0.25, 0.3) is 0 Å². The molecule has 0 radical (unpaired) electrons. The summed E-state index contributed by atoms with van der Waals surface area (Å²) >= 11 is 3.24. The van der Waals surface area contributed by atoms with Crippen molar-refractivity contribution in [2.45, 2.75) is 25.8 Å². The molecule has 0 fully saturated rings. The first-order chi connectivity index (χ1) is 5.20. The molecule has 3 heteroatoms. The first-order valence-corrected chi connectivity index (χ1v) is 4.43. The van der Waals surface area contributed by atoms with Crippen LogP contribution in [0.5, 0.6) is 0 Å². The molecule has 0 amide bonds. The fourth-order valence-corrected chi connectivity index (χ4v) is 0.888. The van der Waals surface area contributed by atoms with Crippen LogP contribution in [0, 0.1) is 11.3 Å². The third-order valence-electron chi connectivity index (χ3n) is 1.41. The average molecular weight is 217 g/mol. The van der Waals surface area contributed by atoms with E-state index in [0.29, 0.717) is 12.5 Å². The van der Waals surface area contributed by atoms with E-state index in [1.54, 1.807) is 0 Å². The van der Waals surface area contributed by atoms with Crippen molar-refractivity contribution < 1.29 is 0 Å². The van der Waals surface area contributed by atoms with Crippen LogP contribution in [0.15, 0.2) is 11.1 Å². The molecule has 11 heavy (non-hydrogen) atoms. The lowest BCUT2D eigenvalue weighted by atomic mass is 10.2. The summed E-state index contributed by atoms with van der Waals surface area (Å²) in [6, 6.07) is 2.44. The standard InChI is InChI=1S/C8H13BrN2/c1-3-8(4-5-10)11-6-7(2)9/h8,11H,2-4,6H2,1H3. The van der Waals surface area contributed by atoms with Gasteiger partial charge in [-0.25, -0.2) is 0 Å². The fraction of sp³-hybridized carbons (Fsp3) is 0.625. The van der Waals surface area contributed by atoms with E-state index in [1.165, 1.54) is 0 Å². The Kier molecular flexibility index (Phi) is 6.19. The zero-order valence-corrected chi connectivity index (χ0v) is 8.32. The summed E-state index contributed by atoms with van der Waals surface area (Å²) in [5.74, 6) is 0. The summed E-state index contributed by atoms with van der Waals surface area (Å²) in [7, 11) is 0. The van der Waals surface area contributed by atoms with Crippen molar-refractivity contribution in [2.24, 2.45) is 0 Å². The summed E-state index contributed by atoms with van der Waals surface area (Å²) < 4.78 is 0.925. The van der Waals surface area contributed by atoms with E-state index >= 15 is 0 Å². The molecule has 1 N–H and O–H groups in total. The molecule has 0 aromatic rings. The Balaban J connectivity index is 3.53. The molecular formula is C8H13BrN2. The molecule has 0 aromatic carbocycles. The summed E-state index contributed by atoms with van der Waals surface area (Å²) in [5.41, 5.74) is 0. The van der Waals surface area contributed by atoms with Crippen LogP contribution >= 0.6 is 15.9 Å². The lowest BCUT2D eigenvalue weighted by Gasteiger charge is -2.11. The Labute approximate surface area is 76.4 Å². The van der Waals surface area contributed by atoms with Crippen LogP contribution in [-0.4, -0.2) is 12.6 Å². The van der Waals surface area contributed by atoms with Gasteiger partial charge in [-0.15, -0.1) is 0 Å². The topological polar surface area (TPSA) is 35.8 Å². The molecule has 0 aromatic heterocycles. The number of nitriles is 1. The van der Waals surface area contributed by atoms with Crippen molar-refractivity contribution >= 4 is 15.9 Å². The molecule has 0 heterocycles. The van der Waals surface area contributed by atoms with Crippen molar-refractivity contribution in [1.29, 1.82) is 5.26 Å². The molecule has 0 rings (SSSR count). The van der Waals surface area contributed by atoms with Crippen molar-refractivity contribution in [1.82, 2.24) is 5.32 Å². The van der Waals surface area contributed by atoms with Gasteiger partial charge in [-0.3, -0.25) is 0 Å². The molecule has 1 atom stereocenters. The lowest BCUT2D eigenvalue weighted by molar-refractivity contribution is 0.533. The monoisotopic (exact) mass is 216 g/mol. The van der Waals surface area contributed by atoms with E-state index in [2.05, 4.69) is 40.8 Å². The molecule has 0 aliphatic carbocycles. The lowest BCUT2D eigenvalue weighted by Crippen LogP contribution is -2.28. The third kappa shape index (κ3) is 6.08. The molecule has 62 valence electrons.